The third-order valence-corrected chi connectivity index (χ3v) is 4.04. The van der Waals surface area contributed by atoms with Crippen LogP contribution in [0.15, 0.2) is 40.1 Å². The lowest BCUT2D eigenvalue weighted by atomic mass is 9.77. The van der Waals surface area contributed by atoms with Crippen LogP contribution in [0.5, 0.6) is 0 Å². The van der Waals surface area contributed by atoms with Crippen LogP contribution in [0.25, 0.3) is 0 Å². The van der Waals surface area contributed by atoms with Gasteiger partial charge in [-0.3, -0.25) is 9.59 Å². The maximum Gasteiger partial charge on any atom is 0.272 e. The van der Waals surface area contributed by atoms with E-state index in [4.69, 9.17) is 4.74 Å². The van der Waals surface area contributed by atoms with Crippen LogP contribution in [-0.2, 0) is 14.3 Å². The largest absolute Gasteiger partial charge is 0.375 e. The summed E-state index contributed by atoms with van der Waals surface area (Å²) < 4.78 is 4.76. The fraction of sp³-hybridized carbons (Fsp3) is 0.438. The molecule has 0 aromatic carbocycles. The molecule has 1 unspecified atom stereocenters. The molecule has 0 radical (unpaired) electrons. The number of ether oxygens (including phenoxy) is 1. The first-order chi connectivity index (χ1) is 10.2. The number of hydrogen-bond donors (Lipinski definition) is 1. The first kappa shape index (κ1) is 13.9. The molecule has 1 N–H and O–H groups in total. The number of nitrogens with one attached hydrogen (secondary N) is 1. The van der Waals surface area contributed by atoms with Crippen LogP contribution in [0, 0.1) is 5.92 Å². The van der Waals surface area contributed by atoms with E-state index in [0.29, 0.717) is 5.71 Å². The Morgan fingerprint density at radius 1 is 1.43 bits per heavy atom. The van der Waals surface area contributed by atoms with Gasteiger partial charge in [-0.2, -0.15) is 0 Å². The van der Waals surface area contributed by atoms with Crippen molar-refractivity contribution in [2.24, 2.45) is 10.9 Å². The lowest BCUT2D eigenvalue weighted by Gasteiger charge is -2.33. The lowest BCUT2D eigenvalue weighted by Crippen LogP contribution is -2.37. The van der Waals surface area contributed by atoms with Crippen molar-refractivity contribution in [3.05, 3.63) is 35.1 Å². The summed E-state index contributed by atoms with van der Waals surface area (Å²) in [6, 6.07) is 0. The second-order valence-electron chi connectivity index (χ2n) is 5.46. The number of amides is 2. The van der Waals surface area contributed by atoms with Gasteiger partial charge in [0.1, 0.15) is 6.61 Å². The van der Waals surface area contributed by atoms with E-state index in [0.717, 1.165) is 37.0 Å². The zero-order valence-electron chi connectivity index (χ0n) is 12.0. The minimum Gasteiger partial charge on any atom is -0.375 e. The highest BCUT2D eigenvalue weighted by Gasteiger charge is 2.32. The van der Waals surface area contributed by atoms with Gasteiger partial charge in [-0.1, -0.05) is 6.08 Å². The van der Waals surface area contributed by atoms with Gasteiger partial charge < -0.3 is 10.1 Å². The summed E-state index contributed by atoms with van der Waals surface area (Å²) in [5, 5.41) is 2.94. The van der Waals surface area contributed by atoms with E-state index in [2.05, 4.69) is 10.3 Å². The van der Waals surface area contributed by atoms with Crippen molar-refractivity contribution >= 4 is 17.5 Å². The molecule has 1 atom stereocenters. The van der Waals surface area contributed by atoms with Crippen LogP contribution in [0.2, 0.25) is 0 Å². The molecule has 0 spiro atoms. The van der Waals surface area contributed by atoms with Crippen molar-refractivity contribution in [1.29, 1.82) is 0 Å². The lowest BCUT2D eigenvalue weighted by molar-refractivity contribution is -0.121. The van der Waals surface area contributed by atoms with Crippen molar-refractivity contribution in [3.8, 4) is 0 Å². The highest BCUT2D eigenvalue weighted by atomic mass is 16.5. The SMILES string of the molecule is COCC(=O)N=C1C=CC2C(=C1)NC(=O)C1=C2CCCC1. The summed E-state index contributed by atoms with van der Waals surface area (Å²) >= 11 is 0. The molecule has 0 saturated carbocycles. The Labute approximate surface area is 123 Å². The van der Waals surface area contributed by atoms with Gasteiger partial charge >= 0.3 is 0 Å². The number of allylic oxidation sites excluding steroid dienone is 3. The molecule has 1 heterocycles. The molecule has 110 valence electrons. The van der Waals surface area contributed by atoms with Gasteiger partial charge in [-0.05, 0) is 43.4 Å². The van der Waals surface area contributed by atoms with Crippen LogP contribution in [0.3, 0.4) is 0 Å². The Hall–Kier alpha value is -2.01. The minimum atomic E-state index is -0.327. The number of rotatable bonds is 2. The first-order valence-electron chi connectivity index (χ1n) is 7.22. The van der Waals surface area contributed by atoms with E-state index in [1.807, 2.05) is 12.2 Å². The predicted molar refractivity (Wildman–Crippen MR) is 78.7 cm³/mol. The summed E-state index contributed by atoms with van der Waals surface area (Å²) in [4.78, 5) is 27.6. The molecule has 1 aliphatic heterocycles. The van der Waals surface area contributed by atoms with E-state index >= 15 is 0 Å². The molecular formula is C16H18N2O3. The molecule has 5 nitrogen and oxygen atoms in total. The van der Waals surface area contributed by atoms with Gasteiger partial charge in [-0.15, -0.1) is 0 Å². The Morgan fingerprint density at radius 2 is 2.24 bits per heavy atom. The molecule has 0 fully saturated rings. The quantitative estimate of drug-likeness (QED) is 0.839. The maximum absolute atomic E-state index is 12.2. The van der Waals surface area contributed by atoms with Crippen LogP contribution in [0.4, 0.5) is 0 Å². The number of hydrogen-bond acceptors (Lipinski definition) is 3. The molecule has 2 amide bonds. The highest BCUT2D eigenvalue weighted by molar-refractivity contribution is 6.11. The molecular weight excluding hydrogens is 268 g/mol. The summed E-state index contributed by atoms with van der Waals surface area (Å²) in [5.74, 6) is -0.188. The Bertz CT molecular complexity index is 611. The fourth-order valence-corrected chi connectivity index (χ4v) is 3.12. The van der Waals surface area contributed by atoms with E-state index in [1.165, 1.54) is 12.7 Å². The molecule has 21 heavy (non-hydrogen) atoms. The van der Waals surface area contributed by atoms with E-state index in [-0.39, 0.29) is 24.3 Å². The number of methoxy groups -OCH3 is 1. The normalized spacial score (nSPS) is 26.1. The second kappa shape index (κ2) is 5.77. The molecule has 3 rings (SSSR count). The van der Waals surface area contributed by atoms with Crippen molar-refractivity contribution in [2.45, 2.75) is 25.7 Å². The number of fused-ring (bicyclic) bond motifs is 2. The van der Waals surface area contributed by atoms with E-state index in [1.54, 1.807) is 6.08 Å². The van der Waals surface area contributed by atoms with Crippen molar-refractivity contribution in [2.75, 3.05) is 13.7 Å². The van der Waals surface area contributed by atoms with Crippen molar-refractivity contribution in [1.82, 2.24) is 5.32 Å². The molecule has 0 aromatic rings. The van der Waals surface area contributed by atoms with Crippen molar-refractivity contribution < 1.29 is 14.3 Å². The number of nitrogens with zero attached hydrogens (tertiary/aromatic N) is 1. The summed E-state index contributed by atoms with van der Waals surface area (Å²) in [6.45, 7) is -0.0361. The van der Waals surface area contributed by atoms with Gasteiger partial charge in [0.05, 0.1) is 5.71 Å². The molecule has 5 heteroatoms. The number of carbonyl (C=O) groups is 2. The monoisotopic (exact) mass is 286 g/mol. The Morgan fingerprint density at radius 3 is 3.05 bits per heavy atom. The molecule has 0 bridgehead atoms. The Balaban J connectivity index is 1.88. The summed E-state index contributed by atoms with van der Waals surface area (Å²) in [7, 11) is 1.46. The average Bonchev–Trinajstić information content (AvgIpc) is 2.47. The fourth-order valence-electron chi connectivity index (χ4n) is 3.12. The molecule has 0 saturated heterocycles. The van der Waals surface area contributed by atoms with Crippen LogP contribution in [-0.4, -0.2) is 31.2 Å². The topological polar surface area (TPSA) is 67.8 Å². The average molecular weight is 286 g/mol. The maximum atomic E-state index is 12.2. The first-order valence-corrected chi connectivity index (χ1v) is 7.22. The van der Waals surface area contributed by atoms with Crippen molar-refractivity contribution in [3.63, 3.8) is 0 Å². The van der Waals surface area contributed by atoms with Gasteiger partial charge in [0.25, 0.3) is 11.8 Å². The zero-order chi connectivity index (χ0) is 14.8. The second-order valence-corrected chi connectivity index (χ2v) is 5.46. The van der Waals surface area contributed by atoms with Crippen LogP contribution >= 0.6 is 0 Å². The standard InChI is InChI=1S/C16H18N2O3/c1-21-9-15(19)17-10-6-7-12-11-4-2-3-5-13(11)16(20)18-14(12)8-10/h6-8,12H,2-5,9H2,1H3,(H,18,20). The zero-order valence-corrected chi connectivity index (χ0v) is 12.0. The molecule has 3 aliphatic rings. The number of carbonyl (C=O) groups excluding carboxylic acids is 2. The van der Waals surface area contributed by atoms with Gasteiger partial charge in [-0.25, -0.2) is 4.99 Å². The molecule has 0 aromatic heterocycles. The third kappa shape index (κ3) is 2.74. The van der Waals surface area contributed by atoms with E-state index in [9.17, 15) is 9.59 Å². The van der Waals surface area contributed by atoms with Gasteiger partial charge in [0.15, 0.2) is 0 Å². The number of aliphatic imine (C=N–C) groups is 1. The molecule has 2 aliphatic carbocycles. The third-order valence-electron chi connectivity index (χ3n) is 4.04. The van der Waals surface area contributed by atoms with Gasteiger partial charge in [0.2, 0.25) is 0 Å². The summed E-state index contributed by atoms with van der Waals surface area (Å²) in [5.41, 5.74) is 3.56. The Kier molecular flexibility index (Phi) is 3.84. The predicted octanol–water partition coefficient (Wildman–Crippen LogP) is 1.67. The minimum absolute atomic E-state index is 0.00469. The van der Waals surface area contributed by atoms with Crippen LogP contribution < -0.4 is 5.32 Å². The smallest absolute Gasteiger partial charge is 0.272 e. The van der Waals surface area contributed by atoms with E-state index < -0.39 is 0 Å². The van der Waals surface area contributed by atoms with Crippen LogP contribution in [0.1, 0.15) is 25.7 Å². The summed E-state index contributed by atoms with van der Waals surface area (Å²) in [6.07, 6.45) is 9.72. The van der Waals surface area contributed by atoms with Gasteiger partial charge in [0, 0.05) is 24.3 Å². The highest BCUT2D eigenvalue weighted by Crippen LogP contribution is 2.38.